The Labute approximate surface area is 104 Å². The van der Waals surface area contributed by atoms with Crippen molar-refractivity contribution >= 4 is 5.69 Å². The molecule has 2 heterocycles. The highest BCUT2D eigenvalue weighted by Crippen LogP contribution is 2.29. The molecule has 1 aromatic heterocycles. The summed E-state index contributed by atoms with van der Waals surface area (Å²) in [7, 11) is 0. The van der Waals surface area contributed by atoms with Crippen molar-refractivity contribution in [3.8, 4) is 0 Å². The second-order valence-corrected chi connectivity index (χ2v) is 5.06. The van der Waals surface area contributed by atoms with Crippen LogP contribution in [0.4, 0.5) is 5.69 Å². The van der Waals surface area contributed by atoms with Crippen molar-refractivity contribution in [2.45, 2.75) is 40.2 Å². The van der Waals surface area contributed by atoms with Crippen LogP contribution in [-0.4, -0.2) is 18.1 Å². The van der Waals surface area contributed by atoms with E-state index in [1.165, 1.54) is 30.6 Å². The molecule has 0 bridgehead atoms. The van der Waals surface area contributed by atoms with E-state index < -0.39 is 0 Å². The molecule has 1 unspecified atom stereocenters. The lowest BCUT2D eigenvalue weighted by Crippen LogP contribution is -2.22. The van der Waals surface area contributed by atoms with Crippen LogP contribution in [0, 0.1) is 19.8 Å². The van der Waals surface area contributed by atoms with Crippen LogP contribution in [0.5, 0.6) is 0 Å². The van der Waals surface area contributed by atoms with Gasteiger partial charge in [-0.2, -0.15) is 0 Å². The summed E-state index contributed by atoms with van der Waals surface area (Å²) < 4.78 is 0. The van der Waals surface area contributed by atoms with Crippen LogP contribution >= 0.6 is 0 Å². The molecule has 94 valence electrons. The number of aryl methyl sites for hydroxylation is 2. The third-order valence-corrected chi connectivity index (χ3v) is 3.84. The quantitative estimate of drug-likeness (QED) is 0.871. The van der Waals surface area contributed by atoms with Crippen molar-refractivity contribution in [3.63, 3.8) is 0 Å². The maximum atomic E-state index is 5.87. The van der Waals surface area contributed by atoms with E-state index in [1.54, 1.807) is 0 Å². The van der Waals surface area contributed by atoms with E-state index in [1.807, 2.05) is 0 Å². The number of nitrogens with two attached hydrogens (primary N) is 1. The first-order valence-electron chi connectivity index (χ1n) is 6.57. The molecule has 0 spiro atoms. The van der Waals surface area contributed by atoms with Crippen molar-refractivity contribution in [2.75, 3.05) is 18.0 Å². The predicted molar refractivity (Wildman–Crippen MR) is 72.2 cm³/mol. The Balaban J connectivity index is 2.31. The highest BCUT2D eigenvalue weighted by atomic mass is 15.2. The molecule has 3 heteroatoms. The molecule has 2 rings (SSSR count). The van der Waals surface area contributed by atoms with Crippen molar-refractivity contribution in [1.82, 2.24) is 4.98 Å². The van der Waals surface area contributed by atoms with Crippen molar-refractivity contribution in [2.24, 2.45) is 11.7 Å². The zero-order valence-electron chi connectivity index (χ0n) is 11.2. The van der Waals surface area contributed by atoms with Crippen LogP contribution in [0.15, 0.2) is 6.07 Å². The lowest BCUT2D eigenvalue weighted by molar-refractivity contribution is 0.569. The molecule has 1 fully saturated rings. The number of nitrogens with zero attached hydrogens (tertiary/aromatic N) is 2. The topological polar surface area (TPSA) is 42.2 Å². The van der Waals surface area contributed by atoms with Crippen LogP contribution in [0.25, 0.3) is 0 Å². The summed E-state index contributed by atoms with van der Waals surface area (Å²) >= 11 is 0. The fourth-order valence-electron chi connectivity index (χ4n) is 2.75. The molecule has 0 radical (unpaired) electrons. The largest absolute Gasteiger partial charge is 0.371 e. The first-order chi connectivity index (χ1) is 8.15. The molecule has 1 atom stereocenters. The fraction of sp³-hybridized carbons (Fsp3) is 0.643. The Hall–Kier alpha value is -1.09. The average molecular weight is 233 g/mol. The Kier molecular flexibility index (Phi) is 3.67. The Morgan fingerprint density at radius 3 is 2.82 bits per heavy atom. The zero-order chi connectivity index (χ0) is 12.4. The number of hydrogen-bond donors (Lipinski definition) is 1. The average Bonchev–Trinajstić information content (AvgIpc) is 2.76. The van der Waals surface area contributed by atoms with Crippen molar-refractivity contribution < 1.29 is 0 Å². The Morgan fingerprint density at radius 2 is 2.24 bits per heavy atom. The van der Waals surface area contributed by atoms with Crippen LogP contribution in [0.3, 0.4) is 0 Å². The maximum absolute atomic E-state index is 5.87. The van der Waals surface area contributed by atoms with Crippen LogP contribution < -0.4 is 10.6 Å². The monoisotopic (exact) mass is 233 g/mol. The zero-order valence-corrected chi connectivity index (χ0v) is 11.2. The molecule has 1 aliphatic rings. The predicted octanol–water partition coefficient (Wildman–Crippen LogP) is 2.39. The number of pyridine rings is 1. The standard InChI is InChI=1S/C14H23N3/c1-4-12-5-6-17(9-12)14-7-10(2)16-11(3)13(14)8-15/h7,12H,4-6,8-9,15H2,1-3H3. The van der Waals surface area contributed by atoms with Crippen molar-refractivity contribution in [3.05, 3.63) is 23.0 Å². The molecule has 0 saturated carbocycles. The van der Waals surface area contributed by atoms with Gasteiger partial charge in [-0.3, -0.25) is 4.98 Å². The van der Waals surface area contributed by atoms with E-state index in [-0.39, 0.29) is 0 Å². The summed E-state index contributed by atoms with van der Waals surface area (Å²) in [5.74, 6) is 0.842. The van der Waals surface area contributed by atoms with Gasteiger partial charge in [0.1, 0.15) is 0 Å². The molecule has 1 aliphatic heterocycles. The normalized spacial score (nSPS) is 20.0. The Bertz CT molecular complexity index is 401. The van der Waals surface area contributed by atoms with Gasteiger partial charge in [0.15, 0.2) is 0 Å². The minimum absolute atomic E-state index is 0.585. The van der Waals surface area contributed by atoms with Crippen LogP contribution in [0.2, 0.25) is 0 Å². The lowest BCUT2D eigenvalue weighted by Gasteiger charge is -2.23. The fourth-order valence-corrected chi connectivity index (χ4v) is 2.75. The maximum Gasteiger partial charge on any atom is 0.0448 e. The summed E-state index contributed by atoms with van der Waals surface area (Å²) in [6.45, 7) is 9.32. The number of aromatic nitrogens is 1. The first kappa shape index (κ1) is 12.4. The van der Waals surface area contributed by atoms with Gasteiger partial charge in [-0.1, -0.05) is 13.3 Å². The van der Waals surface area contributed by atoms with Gasteiger partial charge < -0.3 is 10.6 Å². The summed E-state index contributed by atoms with van der Waals surface area (Å²) in [6.07, 6.45) is 2.58. The third kappa shape index (κ3) is 2.44. The lowest BCUT2D eigenvalue weighted by atomic mass is 10.1. The minimum Gasteiger partial charge on any atom is -0.371 e. The van der Waals surface area contributed by atoms with Gasteiger partial charge in [-0.05, 0) is 32.3 Å². The van der Waals surface area contributed by atoms with Gasteiger partial charge in [0.2, 0.25) is 0 Å². The first-order valence-corrected chi connectivity index (χ1v) is 6.57. The van der Waals surface area contributed by atoms with E-state index in [9.17, 15) is 0 Å². The molecule has 0 aliphatic carbocycles. The van der Waals surface area contributed by atoms with Gasteiger partial charge in [0, 0.05) is 42.3 Å². The van der Waals surface area contributed by atoms with Gasteiger partial charge in [0.05, 0.1) is 0 Å². The second kappa shape index (κ2) is 5.05. The highest BCUT2D eigenvalue weighted by Gasteiger charge is 2.23. The smallest absolute Gasteiger partial charge is 0.0448 e. The summed E-state index contributed by atoms with van der Waals surface area (Å²) in [4.78, 5) is 6.99. The summed E-state index contributed by atoms with van der Waals surface area (Å²) in [5, 5.41) is 0. The second-order valence-electron chi connectivity index (χ2n) is 5.06. The number of anilines is 1. The van der Waals surface area contributed by atoms with Crippen LogP contribution in [0.1, 0.15) is 36.7 Å². The van der Waals surface area contributed by atoms with Crippen molar-refractivity contribution in [1.29, 1.82) is 0 Å². The summed E-state index contributed by atoms with van der Waals surface area (Å²) in [5.41, 5.74) is 10.6. The van der Waals surface area contributed by atoms with E-state index >= 15 is 0 Å². The van der Waals surface area contributed by atoms with E-state index in [0.717, 1.165) is 23.9 Å². The molecule has 2 N–H and O–H groups in total. The molecule has 1 aromatic rings. The molecular weight excluding hydrogens is 210 g/mol. The molecule has 0 aromatic carbocycles. The summed E-state index contributed by atoms with van der Waals surface area (Å²) in [6, 6.07) is 2.19. The van der Waals surface area contributed by atoms with Crippen LogP contribution in [-0.2, 0) is 6.54 Å². The van der Waals surface area contributed by atoms with Gasteiger partial charge in [-0.15, -0.1) is 0 Å². The molecule has 1 saturated heterocycles. The SMILES string of the molecule is CCC1CCN(c2cc(C)nc(C)c2CN)C1. The third-order valence-electron chi connectivity index (χ3n) is 3.84. The highest BCUT2D eigenvalue weighted by molar-refractivity contribution is 5.56. The molecule has 3 nitrogen and oxygen atoms in total. The number of hydrogen-bond acceptors (Lipinski definition) is 3. The van der Waals surface area contributed by atoms with E-state index in [2.05, 4.69) is 36.7 Å². The number of rotatable bonds is 3. The minimum atomic E-state index is 0.585. The van der Waals surface area contributed by atoms with E-state index in [0.29, 0.717) is 6.54 Å². The molecule has 17 heavy (non-hydrogen) atoms. The van der Waals surface area contributed by atoms with E-state index in [4.69, 9.17) is 5.73 Å². The van der Waals surface area contributed by atoms with Gasteiger partial charge in [0.25, 0.3) is 0 Å². The molecule has 0 amide bonds. The molecular formula is C14H23N3. The van der Waals surface area contributed by atoms with Gasteiger partial charge in [-0.25, -0.2) is 0 Å². The Morgan fingerprint density at radius 1 is 1.47 bits per heavy atom. The van der Waals surface area contributed by atoms with Gasteiger partial charge >= 0.3 is 0 Å².